The van der Waals surface area contributed by atoms with Gasteiger partial charge >= 0.3 is 0 Å². The fraction of sp³-hybridized carbons (Fsp3) is 0.533. The van der Waals surface area contributed by atoms with Gasteiger partial charge in [-0.3, -0.25) is 4.79 Å². The summed E-state index contributed by atoms with van der Waals surface area (Å²) in [7, 11) is 0. The summed E-state index contributed by atoms with van der Waals surface area (Å²) in [4.78, 5) is 13.9. The molecule has 1 aliphatic heterocycles. The first-order chi connectivity index (χ1) is 8.60. The number of fused-ring (bicyclic) bond motifs is 1. The van der Waals surface area contributed by atoms with Gasteiger partial charge in [0.2, 0.25) is 5.91 Å². The summed E-state index contributed by atoms with van der Waals surface area (Å²) >= 11 is 0. The van der Waals surface area contributed by atoms with Crippen molar-refractivity contribution in [2.45, 2.75) is 45.6 Å². The Morgan fingerprint density at radius 2 is 2.11 bits per heavy atom. The third-order valence-electron chi connectivity index (χ3n) is 3.71. The van der Waals surface area contributed by atoms with Gasteiger partial charge in [-0.1, -0.05) is 25.5 Å². The highest BCUT2D eigenvalue weighted by molar-refractivity contribution is 6.04. The Hall–Kier alpha value is -1.35. The molecule has 0 radical (unpaired) electrons. The van der Waals surface area contributed by atoms with E-state index in [9.17, 15) is 9.90 Å². The van der Waals surface area contributed by atoms with Crippen LogP contribution in [-0.2, 0) is 4.79 Å². The summed E-state index contributed by atoms with van der Waals surface area (Å²) in [5.74, 6) is 0.0726. The molecule has 1 amide bonds. The summed E-state index contributed by atoms with van der Waals surface area (Å²) in [5.41, 5.74) is 2.98. The van der Waals surface area contributed by atoms with Crippen molar-refractivity contribution in [3.8, 4) is 0 Å². The van der Waals surface area contributed by atoms with Gasteiger partial charge in [0.05, 0.1) is 12.0 Å². The quantitative estimate of drug-likeness (QED) is 0.888. The first-order valence-corrected chi connectivity index (χ1v) is 6.73. The van der Waals surface area contributed by atoms with Crippen molar-refractivity contribution in [1.29, 1.82) is 0 Å². The second kappa shape index (κ2) is 5.11. The van der Waals surface area contributed by atoms with Crippen LogP contribution in [0, 0.1) is 0 Å². The Bertz CT molecular complexity index is 456. The largest absolute Gasteiger partial charge is 0.388 e. The number of likely N-dealkylation sites (N-methyl/N-ethyl adjacent to an activating group) is 1. The van der Waals surface area contributed by atoms with E-state index in [1.165, 1.54) is 0 Å². The van der Waals surface area contributed by atoms with Gasteiger partial charge in [-0.05, 0) is 37.5 Å². The molecule has 0 saturated heterocycles. The summed E-state index contributed by atoms with van der Waals surface area (Å²) in [6, 6.07) is 5.90. The molecule has 1 aromatic carbocycles. The van der Waals surface area contributed by atoms with Gasteiger partial charge in [-0.2, -0.15) is 0 Å². The van der Waals surface area contributed by atoms with Crippen LogP contribution in [0.25, 0.3) is 0 Å². The summed E-state index contributed by atoms with van der Waals surface area (Å²) in [6.45, 7) is 6.68. The molecule has 2 unspecified atom stereocenters. The minimum absolute atomic E-state index is 0.0891. The number of aliphatic hydroxyl groups is 1. The lowest BCUT2D eigenvalue weighted by Gasteiger charge is -2.16. The molecule has 98 valence electrons. The maximum atomic E-state index is 12.1. The molecule has 1 aromatic rings. The zero-order chi connectivity index (χ0) is 13.3. The zero-order valence-corrected chi connectivity index (χ0v) is 11.3. The normalized spacial score (nSPS) is 20.1. The summed E-state index contributed by atoms with van der Waals surface area (Å²) in [6.07, 6.45) is 1.30. The highest BCUT2D eigenvalue weighted by Gasteiger charge is 2.33. The van der Waals surface area contributed by atoms with E-state index >= 15 is 0 Å². The number of nitrogens with zero attached hydrogens (tertiary/aromatic N) is 1. The topological polar surface area (TPSA) is 40.5 Å². The number of anilines is 1. The lowest BCUT2D eigenvalue weighted by molar-refractivity contribution is -0.118. The molecule has 0 aromatic heterocycles. The van der Waals surface area contributed by atoms with Crippen LogP contribution >= 0.6 is 0 Å². The molecular formula is C15H21NO2. The second-order valence-electron chi connectivity index (χ2n) is 4.93. The molecular weight excluding hydrogens is 226 g/mol. The van der Waals surface area contributed by atoms with Crippen LogP contribution in [0.1, 0.15) is 56.8 Å². The zero-order valence-electron chi connectivity index (χ0n) is 11.3. The number of aliphatic hydroxyl groups excluding tert-OH is 1. The number of amides is 1. The molecule has 2 atom stereocenters. The van der Waals surface area contributed by atoms with Crippen LogP contribution in [0.2, 0.25) is 0 Å². The lowest BCUT2D eigenvalue weighted by atomic mass is 9.97. The molecule has 0 saturated carbocycles. The predicted octanol–water partition coefficient (Wildman–Crippen LogP) is 2.99. The molecule has 0 fully saturated rings. The van der Waals surface area contributed by atoms with Crippen LogP contribution < -0.4 is 4.90 Å². The van der Waals surface area contributed by atoms with Crippen molar-refractivity contribution in [3.63, 3.8) is 0 Å². The van der Waals surface area contributed by atoms with Gasteiger partial charge in [-0.25, -0.2) is 0 Å². The van der Waals surface area contributed by atoms with Gasteiger partial charge in [0.1, 0.15) is 0 Å². The average Bonchev–Trinajstić information content (AvgIpc) is 2.62. The Morgan fingerprint density at radius 3 is 2.72 bits per heavy atom. The summed E-state index contributed by atoms with van der Waals surface area (Å²) in [5, 5.41) is 10.0. The number of benzene rings is 1. The van der Waals surface area contributed by atoms with Crippen molar-refractivity contribution in [1.82, 2.24) is 0 Å². The smallest absolute Gasteiger partial charge is 0.234 e. The maximum Gasteiger partial charge on any atom is 0.234 e. The first kappa shape index (κ1) is 13.1. The van der Waals surface area contributed by atoms with E-state index in [-0.39, 0.29) is 11.8 Å². The number of hydrogen-bond acceptors (Lipinski definition) is 2. The molecule has 0 aliphatic carbocycles. The Labute approximate surface area is 108 Å². The molecule has 1 heterocycles. The molecule has 1 N–H and O–H groups in total. The molecule has 3 heteroatoms. The molecule has 18 heavy (non-hydrogen) atoms. The van der Waals surface area contributed by atoms with Crippen molar-refractivity contribution in [3.05, 3.63) is 29.3 Å². The van der Waals surface area contributed by atoms with E-state index in [2.05, 4.69) is 6.92 Å². The van der Waals surface area contributed by atoms with E-state index in [1.54, 1.807) is 0 Å². The third-order valence-corrected chi connectivity index (χ3v) is 3.71. The van der Waals surface area contributed by atoms with Crippen molar-refractivity contribution < 1.29 is 9.90 Å². The van der Waals surface area contributed by atoms with Crippen LogP contribution in [0.5, 0.6) is 0 Å². The van der Waals surface area contributed by atoms with E-state index in [4.69, 9.17) is 0 Å². The number of carbonyl (C=O) groups is 1. The average molecular weight is 247 g/mol. The molecule has 0 bridgehead atoms. The van der Waals surface area contributed by atoms with E-state index in [1.807, 2.05) is 36.9 Å². The monoisotopic (exact) mass is 247 g/mol. The van der Waals surface area contributed by atoms with Crippen LogP contribution in [0.4, 0.5) is 5.69 Å². The predicted molar refractivity (Wildman–Crippen MR) is 72.8 cm³/mol. The molecule has 3 nitrogen and oxygen atoms in total. The SMILES string of the molecule is CCCC(O)c1ccc2c(c1)C(C)C(=O)N2CC. The van der Waals surface area contributed by atoms with E-state index < -0.39 is 6.10 Å². The lowest BCUT2D eigenvalue weighted by Crippen LogP contribution is -2.27. The highest BCUT2D eigenvalue weighted by atomic mass is 16.3. The van der Waals surface area contributed by atoms with Crippen LogP contribution in [0.15, 0.2) is 18.2 Å². The van der Waals surface area contributed by atoms with Crippen molar-refractivity contribution >= 4 is 11.6 Å². The van der Waals surface area contributed by atoms with E-state index in [0.29, 0.717) is 6.54 Å². The Kier molecular flexibility index (Phi) is 3.71. The van der Waals surface area contributed by atoms with E-state index in [0.717, 1.165) is 29.7 Å². The number of carbonyl (C=O) groups excluding carboxylic acids is 1. The second-order valence-corrected chi connectivity index (χ2v) is 4.93. The molecule has 2 rings (SSSR count). The van der Waals surface area contributed by atoms with Gasteiger partial charge in [0.15, 0.2) is 0 Å². The Balaban J connectivity index is 2.36. The van der Waals surface area contributed by atoms with Crippen LogP contribution in [0.3, 0.4) is 0 Å². The van der Waals surface area contributed by atoms with Crippen LogP contribution in [-0.4, -0.2) is 17.6 Å². The number of hydrogen-bond donors (Lipinski definition) is 1. The molecule has 0 spiro atoms. The Morgan fingerprint density at radius 1 is 1.39 bits per heavy atom. The minimum atomic E-state index is -0.418. The fourth-order valence-corrected chi connectivity index (χ4v) is 2.62. The minimum Gasteiger partial charge on any atom is -0.388 e. The van der Waals surface area contributed by atoms with Gasteiger partial charge < -0.3 is 10.0 Å². The number of rotatable bonds is 4. The molecule has 1 aliphatic rings. The maximum absolute atomic E-state index is 12.1. The highest BCUT2D eigenvalue weighted by Crippen LogP contribution is 2.38. The third kappa shape index (κ3) is 2.03. The van der Waals surface area contributed by atoms with Gasteiger partial charge in [0, 0.05) is 12.2 Å². The van der Waals surface area contributed by atoms with Gasteiger partial charge in [-0.15, -0.1) is 0 Å². The van der Waals surface area contributed by atoms with Crippen molar-refractivity contribution in [2.75, 3.05) is 11.4 Å². The first-order valence-electron chi connectivity index (χ1n) is 6.73. The fourth-order valence-electron chi connectivity index (χ4n) is 2.62. The summed E-state index contributed by atoms with van der Waals surface area (Å²) < 4.78 is 0. The standard InChI is InChI=1S/C15H21NO2/c1-4-6-14(17)11-7-8-13-12(9-11)10(3)15(18)16(13)5-2/h7-10,14,17H,4-6H2,1-3H3. The van der Waals surface area contributed by atoms with Gasteiger partial charge in [0.25, 0.3) is 0 Å². The van der Waals surface area contributed by atoms with Crippen molar-refractivity contribution in [2.24, 2.45) is 0 Å².